The second-order valence-corrected chi connectivity index (χ2v) is 4.13. The maximum absolute atomic E-state index is 11.6. The molecule has 1 fully saturated rings. The molecule has 0 spiro atoms. The van der Waals surface area contributed by atoms with Crippen LogP contribution < -0.4 is 10.6 Å². The molecule has 0 aliphatic carbocycles. The van der Waals surface area contributed by atoms with Crippen molar-refractivity contribution in [2.75, 3.05) is 0 Å². The van der Waals surface area contributed by atoms with Crippen molar-refractivity contribution in [2.45, 2.75) is 18.8 Å². The minimum atomic E-state index is -0.631. The molecule has 18 heavy (non-hydrogen) atoms. The summed E-state index contributed by atoms with van der Waals surface area (Å²) in [7, 11) is 0. The minimum Gasteiger partial charge on any atom is -0.337 e. The predicted octanol–water partition coefficient (Wildman–Crippen LogP) is -1.19. The Bertz CT molecular complexity index is 572. The Morgan fingerprint density at radius 1 is 1.06 bits per heavy atom. The van der Waals surface area contributed by atoms with Gasteiger partial charge >= 0.3 is 0 Å². The number of carbonyl (C=O) groups excluding carboxylic acids is 4. The van der Waals surface area contributed by atoms with Gasteiger partial charge in [-0.3, -0.25) is 29.8 Å². The van der Waals surface area contributed by atoms with Crippen molar-refractivity contribution in [2.24, 2.45) is 0 Å². The minimum absolute atomic E-state index is 0.000278. The lowest BCUT2D eigenvalue weighted by molar-refractivity contribution is -0.134. The third-order valence-corrected chi connectivity index (χ3v) is 2.96. The highest BCUT2D eigenvalue weighted by atomic mass is 16.2. The maximum atomic E-state index is 11.6. The molecule has 1 saturated heterocycles. The summed E-state index contributed by atoms with van der Waals surface area (Å²) in [5, 5.41) is 4.28. The van der Waals surface area contributed by atoms with Gasteiger partial charge in [0.15, 0.2) is 5.69 Å². The molecule has 3 N–H and O–H groups in total. The first-order chi connectivity index (χ1) is 8.56. The van der Waals surface area contributed by atoms with E-state index in [-0.39, 0.29) is 29.5 Å². The summed E-state index contributed by atoms with van der Waals surface area (Å²) < 4.78 is 0. The van der Waals surface area contributed by atoms with Gasteiger partial charge in [0.05, 0.1) is 5.92 Å². The van der Waals surface area contributed by atoms with Crippen LogP contribution >= 0.6 is 0 Å². The van der Waals surface area contributed by atoms with E-state index in [2.05, 4.69) is 20.6 Å². The first-order valence-electron chi connectivity index (χ1n) is 5.35. The number of carbonyl (C=O) groups is 4. The zero-order valence-corrected chi connectivity index (χ0v) is 9.07. The van der Waals surface area contributed by atoms with Gasteiger partial charge in [-0.15, -0.1) is 0 Å². The van der Waals surface area contributed by atoms with Crippen molar-refractivity contribution in [1.82, 2.24) is 20.6 Å². The van der Waals surface area contributed by atoms with Crippen molar-refractivity contribution in [3.63, 3.8) is 0 Å². The van der Waals surface area contributed by atoms with E-state index in [1.165, 1.54) is 0 Å². The SMILES string of the molecule is O=C1CCC(c2nc3c([nH]2)C(=O)NC3=O)C(=O)N1. The number of nitrogens with one attached hydrogen (secondary N) is 3. The molecule has 1 aromatic heterocycles. The summed E-state index contributed by atoms with van der Waals surface area (Å²) in [6, 6.07) is 0. The highest BCUT2D eigenvalue weighted by Gasteiger charge is 2.36. The number of imidazole rings is 1. The maximum Gasteiger partial charge on any atom is 0.279 e. The molecule has 2 aliphatic rings. The second kappa shape index (κ2) is 3.49. The van der Waals surface area contributed by atoms with Crippen molar-refractivity contribution in [1.29, 1.82) is 0 Å². The molecule has 8 nitrogen and oxygen atoms in total. The molecule has 1 aromatic rings. The van der Waals surface area contributed by atoms with E-state index >= 15 is 0 Å². The lowest BCUT2D eigenvalue weighted by Gasteiger charge is -2.18. The number of nitrogens with zero attached hydrogens (tertiary/aromatic N) is 1. The summed E-state index contributed by atoms with van der Waals surface area (Å²) in [6.45, 7) is 0. The average molecular weight is 248 g/mol. The van der Waals surface area contributed by atoms with Crippen molar-refractivity contribution >= 4 is 23.6 Å². The van der Waals surface area contributed by atoms with E-state index in [9.17, 15) is 19.2 Å². The normalized spacial score (nSPS) is 22.8. The van der Waals surface area contributed by atoms with E-state index in [1.54, 1.807) is 0 Å². The second-order valence-electron chi connectivity index (χ2n) is 4.13. The van der Waals surface area contributed by atoms with Crippen molar-refractivity contribution < 1.29 is 19.2 Å². The van der Waals surface area contributed by atoms with Crippen LogP contribution in [0.1, 0.15) is 45.6 Å². The fourth-order valence-corrected chi connectivity index (χ4v) is 2.06. The van der Waals surface area contributed by atoms with Gasteiger partial charge in [-0.2, -0.15) is 0 Å². The number of H-pyrrole nitrogens is 1. The molecular formula is C10H8N4O4. The number of imide groups is 2. The Morgan fingerprint density at radius 2 is 1.83 bits per heavy atom. The molecule has 2 aliphatic heterocycles. The number of rotatable bonds is 1. The summed E-state index contributed by atoms with van der Waals surface area (Å²) in [4.78, 5) is 51.9. The molecule has 1 atom stereocenters. The molecule has 0 radical (unpaired) electrons. The van der Waals surface area contributed by atoms with Gasteiger partial charge in [0.25, 0.3) is 11.8 Å². The lowest BCUT2D eigenvalue weighted by atomic mass is 9.97. The Labute approximate surface area is 100 Å². The molecule has 3 rings (SSSR count). The molecular weight excluding hydrogens is 240 g/mol. The van der Waals surface area contributed by atoms with Crippen LogP contribution in [-0.4, -0.2) is 33.6 Å². The number of hydrogen-bond donors (Lipinski definition) is 3. The number of aromatic amines is 1. The Kier molecular flexibility index (Phi) is 2.06. The van der Waals surface area contributed by atoms with Crippen LogP contribution in [0.15, 0.2) is 0 Å². The van der Waals surface area contributed by atoms with E-state index in [0.29, 0.717) is 6.42 Å². The smallest absolute Gasteiger partial charge is 0.279 e. The van der Waals surface area contributed by atoms with Gasteiger partial charge in [-0.05, 0) is 6.42 Å². The third kappa shape index (κ3) is 1.42. The molecule has 4 amide bonds. The van der Waals surface area contributed by atoms with Crippen LogP contribution in [0.25, 0.3) is 0 Å². The van der Waals surface area contributed by atoms with Gasteiger partial charge in [-0.1, -0.05) is 0 Å². The summed E-state index contributed by atoms with van der Waals surface area (Å²) in [5.41, 5.74) is 0.0689. The zero-order chi connectivity index (χ0) is 12.9. The number of hydrogen-bond acceptors (Lipinski definition) is 5. The molecule has 0 saturated carbocycles. The van der Waals surface area contributed by atoms with Crippen LogP contribution in [0, 0.1) is 0 Å². The van der Waals surface area contributed by atoms with Crippen LogP contribution in [0.5, 0.6) is 0 Å². The number of aromatic nitrogens is 2. The molecule has 1 unspecified atom stereocenters. The van der Waals surface area contributed by atoms with Gasteiger partial charge in [0.2, 0.25) is 11.8 Å². The van der Waals surface area contributed by atoms with Gasteiger partial charge in [-0.25, -0.2) is 4.98 Å². The average Bonchev–Trinajstić information content (AvgIpc) is 2.82. The number of piperidine rings is 1. The van der Waals surface area contributed by atoms with Crippen LogP contribution in [-0.2, 0) is 9.59 Å². The summed E-state index contributed by atoms with van der Waals surface area (Å²) in [5.74, 6) is -2.32. The fourth-order valence-electron chi connectivity index (χ4n) is 2.06. The quantitative estimate of drug-likeness (QED) is 0.540. The van der Waals surface area contributed by atoms with Crippen LogP contribution in [0.3, 0.4) is 0 Å². The van der Waals surface area contributed by atoms with Crippen molar-refractivity contribution in [3.05, 3.63) is 17.2 Å². The topological polar surface area (TPSA) is 121 Å². The lowest BCUT2D eigenvalue weighted by Crippen LogP contribution is -2.40. The van der Waals surface area contributed by atoms with Crippen LogP contribution in [0.4, 0.5) is 0 Å². The summed E-state index contributed by atoms with van der Waals surface area (Å²) in [6.07, 6.45) is 0.523. The Balaban J connectivity index is 1.95. The predicted molar refractivity (Wildman–Crippen MR) is 55.5 cm³/mol. The standard InChI is InChI=1S/C10H8N4O4/c15-4-2-1-3(8(16)11-4)7-12-5-6(13-7)10(18)14-9(5)17/h3H,1-2H2,(H,12,13)(H,11,15,16)(H,14,17,18). The van der Waals surface area contributed by atoms with Crippen LogP contribution in [0.2, 0.25) is 0 Å². The molecule has 8 heteroatoms. The highest BCUT2D eigenvalue weighted by molar-refractivity contribution is 6.19. The fraction of sp³-hybridized carbons (Fsp3) is 0.300. The van der Waals surface area contributed by atoms with Gasteiger partial charge < -0.3 is 4.98 Å². The van der Waals surface area contributed by atoms with E-state index in [4.69, 9.17) is 0 Å². The first kappa shape index (κ1) is 10.6. The number of amides is 4. The van der Waals surface area contributed by atoms with E-state index < -0.39 is 23.6 Å². The van der Waals surface area contributed by atoms with Gasteiger partial charge in [0, 0.05) is 6.42 Å². The van der Waals surface area contributed by atoms with E-state index in [1.807, 2.05) is 0 Å². The first-order valence-corrected chi connectivity index (χ1v) is 5.35. The monoisotopic (exact) mass is 248 g/mol. The van der Waals surface area contributed by atoms with Gasteiger partial charge in [0.1, 0.15) is 11.5 Å². The zero-order valence-electron chi connectivity index (χ0n) is 9.07. The van der Waals surface area contributed by atoms with E-state index in [0.717, 1.165) is 0 Å². The van der Waals surface area contributed by atoms with Crippen molar-refractivity contribution in [3.8, 4) is 0 Å². The Morgan fingerprint density at radius 3 is 2.50 bits per heavy atom. The Hall–Kier alpha value is -2.51. The molecule has 3 heterocycles. The molecule has 0 bridgehead atoms. The molecule has 0 aromatic carbocycles. The third-order valence-electron chi connectivity index (χ3n) is 2.96. The molecule has 92 valence electrons. The number of fused-ring (bicyclic) bond motifs is 1. The largest absolute Gasteiger partial charge is 0.337 e. The highest BCUT2D eigenvalue weighted by Crippen LogP contribution is 2.24. The summed E-state index contributed by atoms with van der Waals surface area (Å²) >= 11 is 0.